The third-order valence-corrected chi connectivity index (χ3v) is 4.84. The molecule has 1 spiro atoms. The van der Waals surface area contributed by atoms with E-state index in [1.54, 1.807) is 0 Å². The summed E-state index contributed by atoms with van der Waals surface area (Å²) in [6.07, 6.45) is 7.24. The quantitative estimate of drug-likeness (QED) is 0.918. The summed E-state index contributed by atoms with van der Waals surface area (Å²) in [5.74, 6) is 1.44. The van der Waals surface area contributed by atoms with Gasteiger partial charge in [0.25, 0.3) is 0 Å². The minimum Gasteiger partial charge on any atom is -0.492 e. The van der Waals surface area contributed by atoms with Crippen LogP contribution in [0, 0.1) is 5.92 Å². The third kappa shape index (κ3) is 3.15. The van der Waals surface area contributed by atoms with E-state index in [1.807, 2.05) is 30.3 Å². The smallest absolute Gasteiger partial charge is 0.119 e. The highest BCUT2D eigenvalue weighted by Gasteiger charge is 2.41. The zero-order valence-corrected chi connectivity index (χ0v) is 12.1. The van der Waals surface area contributed by atoms with Crippen LogP contribution in [0.5, 0.6) is 5.75 Å². The number of nitrogens with two attached hydrogens (primary N) is 1. The van der Waals surface area contributed by atoms with Gasteiger partial charge in [0.15, 0.2) is 0 Å². The second-order valence-corrected chi connectivity index (χ2v) is 6.28. The molecule has 2 aliphatic rings. The summed E-state index contributed by atoms with van der Waals surface area (Å²) < 4.78 is 11.9. The predicted octanol–water partition coefficient (Wildman–Crippen LogP) is 3.13. The first kappa shape index (κ1) is 13.9. The highest BCUT2D eigenvalue weighted by atomic mass is 16.5. The molecule has 1 saturated carbocycles. The molecule has 1 aromatic carbocycles. The van der Waals surface area contributed by atoms with E-state index < -0.39 is 0 Å². The van der Waals surface area contributed by atoms with Crippen LogP contribution in [0.1, 0.15) is 38.5 Å². The minimum atomic E-state index is 0.108. The monoisotopic (exact) mass is 275 g/mol. The molecule has 20 heavy (non-hydrogen) atoms. The summed E-state index contributed by atoms with van der Waals surface area (Å²) in [5.41, 5.74) is 6.51. The maximum absolute atomic E-state index is 6.37. The molecule has 1 aliphatic heterocycles. The van der Waals surface area contributed by atoms with Crippen molar-refractivity contribution in [2.75, 3.05) is 13.2 Å². The molecule has 2 unspecified atom stereocenters. The fourth-order valence-corrected chi connectivity index (χ4v) is 3.64. The number of rotatable bonds is 4. The molecule has 1 aliphatic carbocycles. The Hall–Kier alpha value is -1.06. The van der Waals surface area contributed by atoms with Crippen molar-refractivity contribution in [1.82, 2.24) is 0 Å². The van der Waals surface area contributed by atoms with Gasteiger partial charge in [0, 0.05) is 12.6 Å². The summed E-state index contributed by atoms with van der Waals surface area (Å²) in [7, 11) is 0. The lowest BCUT2D eigenvalue weighted by Crippen LogP contribution is -2.46. The largest absolute Gasteiger partial charge is 0.492 e. The lowest BCUT2D eigenvalue weighted by Gasteiger charge is -2.40. The molecule has 110 valence electrons. The maximum atomic E-state index is 6.37. The molecule has 3 rings (SSSR count). The Labute approximate surface area is 121 Å². The van der Waals surface area contributed by atoms with E-state index in [4.69, 9.17) is 15.2 Å². The zero-order valence-electron chi connectivity index (χ0n) is 12.1. The number of hydrogen-bond acceptors (Lipinski definition) is 3. The van der Waals surface area contributed by atoms with Crippen molar-refractivity contribution >= 4 is 0 Å². The fraction of sp³-hybridized carbons (Fsp3) is 0.647. The molecule has 0 radical (unpaired) electrons. The SMILES string of the molecule is NC(COc1ccccc1)C1CCOC2(CCCC2)C1. The van der Waals surface area contributed by atoms with Crippen LogP contribution in [0.15, 0.2) is 30.3 Å². The van der Waals surface area contributed by atoms with Gasteiger partial charge >= 0.3 is 0 Å². The second kappa shape index (κ2) is 6.15. The van der Waals surface area contributed by atoms with E-state index in [1.165, 1.54) is 25.7 Å². The van der Waals surface area contributed by atoms with Crippen LogP contribution < -0.4 is 10.5 Å². The molecule has 1 aromatic rings. The Bertz CT molecular complexity index is 414. The molecule has 1 heterocycles. The molecule has 2 N–H and O–H groups in total. The second-order valence-electron chi connectivity index (χ2n) is 6.28. The van der Waals surface area contributed by atoms with Gasteiger partial charge in [0.1, 0.15) is 12.4 Å². The van der Waals surface area contributed by atoms with Crippen molar-refractivity contribution in [2.24, 2.45) is 11.7 Å². The molecule has 3 heteroatoms. The molecule has 0 amide bonds. The van der Waals surface area contributed by atoms with Crippen molar-refractivity contribution in [1.29, 1.82) is 0 Å². The average Bonchev–Trinajstić information content (AvgIpc) is 2.93. The van der Waals surface area contributed by atoms with Crippen LogP contribution in [-0.4, -0.2) is 24.9 Å². The predicted molar refractivity (Wildman–Crippen MR) is 79.8 cm³/mol. The summed E-state index contributed by atoms with van der Waals surface area (Å²) in [4.78, 5) is 0. The molecule has 2 atom stereocenters. The Morgan fingerprint density at radius 1 is 1.25 bits per heavy atom. The Kier molecular flexibility index (Phi) is 4.27. The Morgan fingerprint density at radius 2 is 2.00 bits per heavy atom. The molecule has 0 bridgehead atoms. The van der Waals surface area contributed by atoms with E-state index in [2.05, 4.69) is 0 Å². The Balaban J connectivity index is 1.53. The standard InChI is InChI=1S/C17H25NO2/c18-16(13-19-15-6-2-1-3-7-15)14-8-11-20-17(12-14)9-4-5-10-17/h1-3,6-7,14,16H,4-5,8-13,18H2. The highest BCUT2D eigenvalue weighted by molar-refractivity contribution is 5.20. The van der Waals surface area contributed by atoms with Gasteiger partial charge in [-0.3, -0.25) is 0 Å². The molecule has 3 nitrogen and oxygen atoms in total. The van der Waals surface area contributed by atoms with E-state index >= 15 is 0 Å². The molecule has 0 aromatic heterocycles. The van der Waals surface area contributed by atoms with Crippen LogP contribution in [0.3, 0.4) is 0 Å². The van der Waals surface area contributed by atoms with Gasteiger partial charge in [-0.25, -0.2) is 0 Å². The van der Waals surface area contributed by atoms with Crippen LogP contribution in [-0.2, 0) is 4.74 Å². The molecule has 2 fully saturated rings. The van der Waals surface area contributed by atoms with Crippen molar-refractivity contribution < 1.29 is 9.47 Å². The van der Waals surface area contributed by atoms with Crippen molar-refractivity contribution in [3.05, 3.63) is 30.3 Å². The minimum absolute atomic E-state index is 0.108. The number of benzene rings is 1. The maximum Gasteiger partial charge on any atom is 0.119 e. The summed E-state index contributed by atoms with van der Waals surface area (Å²) in [5, 5.41) is 0. The van der Waals surface area contributed by atoms with E-state index in [0.29, 0.717) is 12.5 Å². The number of hydrogen-bond donors (Lipinski definition) is 1. The third-order valence-electron chi connectivity index (χ3n) is 4.84. The normalized spacial score (nSPS) is 26.6. The highest BCUT2D eigenvalue weighted by Crippen LogP contribution is 2.42. The summed E-state index contributed by atoms with van der Waals surface area (Å²) in [6, 6.07) is 10.0. The van der Waals surface area contributed by atoms with Crippen LogP contribution in [0.2, 0.25) is 0 Å². The lowest BCUT2D eigenvalue weighted by atomic mass is 9.81. The van der Waals surface area contributed by atoms with Crippen LogP contribution in [0.4, 0.5) is 0 Å². The topological polar surface area (TPSA) is 44.5 Å². The first-order chi connectivity index (χ1) is 9.77. The average molecular weight is 275 g/mol. The first-order valence-corrected chi connectivity index (χ1v) is 7.85. The van der Waals surface area contributed by atoms with Gasteiger partial charge in [-0.05, 0) is 43.7 Å². The Morgan fingerprint density at radius 3 is 2.75 bits per heavy atom. The molecular formula is C17H25NO2. The van der Waals surface area contributed by atoms with Crippen LogP contribution in [0.25, 0.3) is 0 Å². The molecule has 1 saturated heterocycles. The summed E-state index contributed by atoms with van der Waals surface area (Å²) in [6.45, 7) is 1.47. The number of ether oxygens (including phenoxy) is 2. The van der Waals surface area contributed by atoms with E-state index in [0.717, 1.165) is 25.2 Å². The van der Waals surface area contributed by atoms with Gasteiger partial charge in [-0.2, -0.15) is 0 Å². The van der Waals surface area contributed by atoms with Crippen LogP contribution >= 0.6 is 0 Å². The van der Waals surface area contributed by atoms with Gasteiger partial charge in [0.2, 0.25) is 0 Å². The van der Waals surface area contributed by atoms with Gasteiger partial charge in [0.05, 0.1) is 5.60 Å². The van der Waals surface area contributed by atoms with Gasteiger partial charge < -0.3 is 15.2 Å². The van der Waals surface area contributed by atoms with Gasteiger partial charge in [-0.15, -0.1) is 0 Å². The number of para-hydroxylation sites is 1. The lowest BCUT2D eigenvalue weighted by molar-refractivity contribution is -0.0975. The van der Waals surface area contributed by atoms with E-state index in [-0.39, 0.29) is 11.6 Å². The summed E-state index contributed by atoms with van der Waals surface area (Å²) >= 11 is 0. The fourth-order valence-electron chi connectivity index (χ4n) is 3.64. The first-order valence-electron chi connectivity index (χ1n) is 7.85. The molecular weight excluding hydrogens is 250 g/mol. The van der Waals surface area contributed by atoms with Gasteiger partial charge in [-0.1, -0.05) is 31.0 Å². The van der Waals surface area contributed by atoms with Crippen molar-refractivity contribution in [3.63, 3.8) is 0 Å². The van der Waals surface area contributed by atoms with Crippen molar-refractivity contribution in [3.8, 4) is 5.75 Å². The van der Waals surface area contributed by atoms with E-state index in [9.17, 15) is 0 Å². The zero-order chi connectivity index (χ0) is 13.8. The van der Waals surface area contributed by atoms with Crippen molar-refractivity contribution in [2.45, 2.75) is 50.2 Å².